The van der Waals surface area contributed by atoms with Crippen molar-refractivity contribution >= 4 is 11.8 Å². The molecule has 10 heteroatoms. The maximum atomic E-state index is 14.0. The van der Waals surface area contributed by atoms with Crippen molar-refractivity contribution in [3.05, 3.63) is 47.0 Å². The molecular formula is C27H34AcO9. The van der Waals surface area contributed by atoms with Gasteiger partial charge < -0.3 is 35.0 Å². The molecule has 2 saturated carbocycles. The van der Waals surface area contributed by atoms with E-state index in [1.807, 2.05) is 0 Å². The molecule has 9 nitrogen and oxygen atoms in total. The minimum Gasteiger partial charge on any atom is -0.455 e. The van der Waals surface area contributed by atoms with Crippen LogP contribution in [0.5, 0.6) is 0 Å². The van der Waals surface area contributed by atoms with Gasteiger partial charge in [-0.25, -0.2) is 4.79 Å². The van der Waals surface area contributed by atoms with E-state index in [0.717, 1.165) is 0 Å². The van der Waals surface area contributed by atoms with Crippen molar-refractivity contribution in [1.82, 2.24) is 0 Å². The van der Waals surface area contributed by atoms with Crippen molar-refractivity contribution in [3.63, 3.8) is 0 Å². The zero-order chi connectivity index (χ0) is 26.4. The maximum absolute atomic E-state index is 14.0. The molecule has 0 amide bonds. The summed E-state index contributed by atoms with van der Waals surface area (Å²) < 4.78 is 11.6. The molecule has 3 fully saturated rings. The number of ether oxygens (including phenoxy) is 2. The number of esters is 1. The first kappa shape index (κ1) is 29.3. The van der Waals surface area contributed by atoms with E-state index < -0.39 is 70.2 Å². The van der Waals surface area contributed by atoms with Crippen molar-refractivity contribution in [2.75, 3.05) is 6.61 Å². The van der Waals surface area contributed by atoms with E-state index >= 15 is 0 Å². The average molecular weight is 730 g/mol. The molecular weight excluding hydrogens is 695 g/mol. The molecule has 3 aliphatic carbocycles. The van der Waals surface area contributed by atoms with Crippen LogP contribution in [0.1, 0.15) is 50.9 Å². The zero-order valence-electron chi connectivity index (χ0n) is 21.4. The number of Topliss-reactive ketones (excluding diaryl/α,β-unsaturated/α-hetero) is 1. The monoisotopic (exact) mass is 729 g/mol. The molecule has 1 radical (unpaired) electrons. The molecule has 1 unspecified atom stereocenters. The van der Waals surface area contributed by atoms with Crippen LogP contribution in [0.3, 0.4) is 0 Å². The summed E-state index contributed by atoms with van der Waals surface area (Å²) in [5.74, 6) is -2.89. The van der Waals surface area contributed by atoms with E-state index in [9.17, 15) is 35.1 Å². The van der Waals surface area contributed by atoms with Crippen LogP contribution >= 0.6 is 0 Å². The van der Waals surface area contributed by atoms with Gasteiger partial charge in [0.2, 0.25) is 0 Å². The quantitative estimate of drug-likeness (QED) is 0.217. The third-order valence-electron chi connectivity index (χ3n) is 9.64. The van der Waals surface area contributed by atoms with Gasteiger partial charge >= 0.3 is 5.97 Å². The molecule has 9 atom stereocenters. The van der Waals surface area contributed by atoms with Gasteiger partial charge in [0.05, 0.1) is 35.9 Å². The van der Waals surface area contributed by atoms with E-state index in [-0.39, 0.29) is 74.6 Å². The maximum Gasteiger partial charge on any atom is 0.338 e. The Morgan fingerprint density at radius 1 is 1.08 bits per heavy atom. The number of rotatable bonds is 2. The first-order valence-corrected chi connectivity index (χ1v) is 12.3. The number of hydrogen-bond donors (Lipinski definition) is 5. The van der Waals surface area contributed by atoms with Crippen LogP contribution < -0.4 is 0 Å². The molecule has 199 valence electrons. The number of benzene rings is 1. The predicted molar refractivity (Wildman–Crippen MR) is 126 cm³/mol. The molecule has 5 N–H and O–H groups in total. The molecule has 5 rings (SSSR count). The van der Waals surface area contributed by atoms with Gasteiger partial charge in [0.15, 0.2) is 5.78 Å². The predicted octanol–water partition coefficient (Wildman–Crippen LogP) is 0.511. The molecule has 4 aliphatic rings. The molecule has 0 aromatic heterocycles. The van der Waals surface area contributed by atoms with Crippen molar-refractivity contribution < 1.29 is 88.7 Å². The van der Waals surface area contributed by atoms with Gasteiger partial charge in [0.1, 0.15) is 23.4 Å². The van der Waals surface area contributed by atoms with Crippen molar-refractivity contribution in [2.24, 2.45) is 16.7 Å². The Balaban J connectivity index is 0.00000320. The standard InChI is InChI=1S/C27H34O9.Ac/c1-13-15(28)11-27(34)22(36-23(32)14-8-6-5-7-9-14)20-25(4,16(29)10-17-26(20,33)12-35-17)21(31)19(30)18(13)24(27,2)3;/h5-9,15-17,19-20,22,28-30,33-34H,10-12H2,1-4H3;/t15?,16-,17+,19+,20-,22-,25+,26-,27+;/m0./s1. The molecule has 0 spiro atoms. The van der Waals surface area contributed by atoms with Gasteiger partial charge in [-0.15, -0.1) is 0 Å². The fourth-order valence-electron chi connectivity index (χ4n) is 7.26. The first-order chi connectivity index (χ1) is 16.7. The third-order valence-corrected chi connectivity index (χ3v) is 9.64. The van der Waals surface area contributed by atoms with Gasteiger partial charge in [0.25, 0.3) is 0 Å². The van der Waals surface area contributed by atoms with Gasteiger partial charge in [-0.1, -0.05) is 32.0 Å². The number of aliphatic hydroxyl groups is 5. The summed E-state index contributed by atoms with van der Waals surface area (Å²) in [4.78, 5) is 27.4. The summed E-state index contributed by atoms with van der Waals surface area (Å²) in [6, 6.07) is 8.12. The molecule has 2 bridgehead atoms. The number of aliphatic hydroxyl groups excluding tert-OH is 3. The summed E-state index contributed by atoms with van der Waals surface area (Å²) in [6.07, 6.45) is -7.08. The second-order valence-corrected chi connectivity index (χ2v) is 11.6. The first-order valence-electron chi connectivity index (χ1n) is 12.3. The number of fused-ring (bicyclic) bond motifs is 5. The van der Waals surface area contributed by atoms with Crippen LogP contribution in [0, 0.1) is 60.8 Å². The Labute approximate surface area is 251 Å². The second-order valence-electron chi connectivity index (χ2n) is 11.6. The summed E-state index contributed by atoms with van der Waals surface area (Å²) in [7, 11) is 0. The Morgan fingerprint density at radius 2 is 1.70 bits per heavy atom. The van der Waals surface area contributed by atoms with Crippen LogP contribution in [-0.4, -0.2) is 85.6 Å². The molecule has 1 aliphatic heterocycles. The number of carbonyl (C=O) groups excluding carboxylic acids is 2. The van der Waals surface area contributed by atoms with Crippen LogP contribution in [-0.2, 0) is 14.3 Å². The fraction of sp³-hybridized carbons (Fsp3) is 0.630. The Bertz CT molecular complexity index is 1140. The van der Waals surface area contributed by atoms with Gasteiger partial charge in [-0.3, -0.25) is 4.79 Å². The van der Waals surface area contributed by atoms with Crippen molar-refractivity contribution in [3.8, 4) is 0 Å². The molecule has 1 aromatic rings. The number of ketones is 1. The van der Waals surface area contributed by atoms with Gasteiger partial charge in [-0.2, -0.15) is 0 Å². The Kier molecular flexibility index (Phi) is 7.48. The van der Waals surface area contributed by atoms with Gasteiger partial charge in [0, 0.05) is 68.2 Å². The zero-order valence-corrected chi connectivity index (χ0v) is 26.2. The van der Waals surface area contributed by atoms with E-state index in [0.29, 0.717) is 5.57 Å². The minimum atomic E-state index is -2.02. The van der Waals surface area contributed by atoms with Crippen molar-refractivity contribution in [1.29, 1.82) is 0 Å². The summed E-state index contributed by atoms with van der Waals surface area (Å²) in [5.41, 5.74) is -6.24. The smallest absolute Gasteiger partial charge is 0.338 e. The number of carbonyl (C=O) groups is 2. The summed E-state index contributed by atoms with van der Waals surface area (Å²) in [6.45, 7) is 6.07. The van der Waals surface area contributed by atoms with Crippen LogP contribution in [0.4, 0.5) is 0 Å². The topological polar surface area (TPSA) is 154 Å². The van der Waals surface area contributed by atoms with E-state index in [2.05, 4.69) is 0 Å². The van der Waals surface area contributed by atoms with E-state index in [4.69, 9.17) is 9.47 Å². The Hall–Kier alpha value is -0.698. The van der Waals surface area contributed by atoms with E-state index in [1.165, 1.54) is 6.92 Å². The SMILES string of the molecule is CC1=C2[C@@H](O)C(=O)[C@@]3(C)[C@H]([C@H](OC(=O)c4ccccc4)[C@](O)(CC1O)C2(C)C)[C@]1(O)CO[C@@H]1C[C@@H]3O.[Ac]. The third kappa shape index (κ3) is 3.81. The van der Waals surface area contributed by atoms with Crippen LogP contribution in [0.15, 0.2) is 41.5 Å². The second kappa shape index (κ2) is 9.45. The summed E-state index contributed by atoms with van der Waals surface area (Å²) >= 11 is 0. The van der Waals surface area contributed by atoms with Crippen LogP contribution in [0.25, 0.3) is 0 Å². The number of hydrogen-bond acceptors (Lipinski definition) is 9. The molecule has 1 aromatic carbocycles. The largest absolute Gasteiger partial charge is 0.455 e. The molecule has 1 heterocycles. The normalized spacial score (nSPS) is 44.3. The molecule has 1 saturated heterocycles. The minimum absolute atomic E-state index is 0. The van der Waals surface area contributed by atoms with Crippen LogP contribution in [0.2, 0.25) is 0 Å². The summed E-state index contributed by atoms with van der Waals surface area (Å²) in [5, 5.41) is 57.9. The molecule has 37 heavy (non-hydrogen) atoms. The van der Waals surface area contributed by atoms with Gasteiger partial charge in [-0.05, 0) is 37.1 Å². The fourth-order valence-corrected chi connectivity index (χ4v) is 7.26. The van der Waals surface area contributed by atoms with E-state index in [1.54, 1.807) is 51.1 Å². The average Bonchev–Trinajstić information content (AvgIpc) is 2.83. The van der Waals surface area contributed by atoms with Crippen molar-refractivity contribution in [2.45, 2.75) is 82.3 Å². The Morgan fingerprint density at radius 3 is 2.27 bits per heavy atom.